The van der Waals surface area contributed by atoms with Crippen molar-refractivity contribution in [1.82, 2.24) is 4.90 Å². The van der Waals surface area contributed by atoms with Crippen molar-refractivity contribution in [3.8, 4) is 5.75 Å². The summed E-state index contributed by atoms with van der Waals surface area (Å²) in [5, 5.41) is 10.7. The molecule has 190 valence electrons. The first-order valence-corrected chi connectivity index (χ1v) is 12.6. The number of para-hydroxylation sites is 1. The first kappa shape index (κ1) is 23.9. The summed E-state index contributed by atoms with van der Waals surface area (Å²) < 4.78 is 13.9. The van der Waals surface area contributed by atoms with Crippen molar-refractivity contribution < 1.29 is 28.7 Å². The molecule has 2 aliphatic carbocycles. The fourth-order valence-electron chi connectivity index (χ4n) is 7.12. The number of phenolic OH excluding ortho intramolecular Hbond substituents is 1. The molecular formula is C28H24ClFN2O5. The largest absolute Gasteiger partial charge is 0.508 e. The van der Waals surface area contributed by atoms with Crippen LogP contribution in [0.5, 0.6) is 5.75 Å². The highest BCUT2D eigenvalue weighted by molar-refractivity contribution is 6.31. The van der Waals surface area contributed by atoms with Gasteiger partial charge in [0, 0.05) is 18.5 Å². The highest BCUT2D eigenvalue weighted by Crippen LogP contribution is 2.64. The van der Waals surface area contributed by atoms with E-state index < -0.39 is 52.6 Å². The van der Waals surface area contributed by atoms with E-state index in [1.807, 2.05) is 6.08 Å². The molecule has 2 aliphatic heterocycles. The number of carbonyl (C=O) groups excluding carboxylic acids is 4. The maximum atomic E-state index is 14.2. The Morgan fingerprint density at radius 1 is 1.03 bits per heavy atom. The molecule has 3 fully saturated rings. The maximum Gasteiger partial charge on any atom is 0.241 e. The molecule has 1 N–H and O–H groups in total. The fourth-order valence-corrected chi connectivity index (χ4v) is 7.29. The lowest BCUT2D eigenvalue weighted by atomic mass is 9.51. The minimum atomic E-state index is -1.29. The van der Waals surface area contributed by atoms with Crippen LogP contribution in [0.2, 0.25) is 5.02 Å². The van der Waals surface area contributed by atoms with E-state index in [0.29, 0.717) is 12.0 Å². The van der Waals surface area contributed by atoms with E-state index in [-0.39, 0.29) is 34.7 Å². The van der Waals surface area contributed by atoms with Gasteiger partial charge in [0.15, 0.2) is 0 Å². The van der Waals surface area contributed by atoms with Gasteiger partial charge in [-0.3, -0.25) is 24.1 Å². The second kappa shape index (κ2) is 7.99. The number of fused-ring (bicyclic) bond motifs is 4. The number of carbonyl (C=O) groups is 4. The lowest BCUT2D eigenvalue weighted by Gasteiger charge is -2.49. The topological polar surface area (TPSA) is 95.0 Å². The van der Waals surface area contributed by atoms with Crippen LogP contribution in [0.3, 0.4) is 0 Å². The summed E-state index contributed by atoms with van der Waals surface area (Å²) >= 11 is 5.98. The molecule has 2 saturated heterocycles. The molecule has 2 aromatic carbocycles. The Balaban J connectivity index is 1.54. The third-order valence-electron chi connectivity index (χ3n) is 8.90. The summed E-state index contributed by atoms with van der Waals surface area (Å²) in [7, 11) is 1.47. The number of likely N-dealkylation sites (tertiary alicyclic amines) is 1. The van der Waals surface area contributed by atoms with Gasteiger partial charge in [-0.2, -0.15) is 0 Å². The third kappa shape index (κ3) is 3.05. The van der Waals surface area contributed by atoms with E-state index in [2.05, 4.69) is 0 Å². The first-order valence-electron chi connectivity index (χ1n) is 12.2. The Hall–Kier alpha value is -3.52. The van der Waals surface area contributed by atoms with E-state index in [0.717, 1.165) is 21.4 Å². The molecule has 0 unspecified atom stereocenters. The average Bonchev–Trinajstić information content (AvgIpc) is 3.21. The van der Waals surface area contributed by atoms with E-state index in [1.54, 1.807) is 25.1 Å². The summed E-state index contributed by atoms with van der Waals surface area (Å²) in [5.74, 6) is -5.30. The molecule has 4 amide bonds. The summed E-state index contributed by atoms with van der Waals surface area (Å²) in [4.78, 5) is 56.3. The number of hydrogen-bond donors (Lipinski definition) is 1. The number of hydrogen-bond acceptors (Lipinski definition) is 5. The third-order valence-corrected chi connectivity index (χ3v) is 9.19. The van der Waals surface area contributed by atoms with E-state index in [4.69, 9.17) is 11.6 Å². The zero-order chi connectivity index (χ0) is 26.4. The number of nitrogens with zero attached hydrogens (tertiary/aromatic N) is 2. The van der Waals surface area contributed by atoms with Gasteiger partial charge < -0.3 is 5.11 Å². The summed E-state index contributed by atoms with van der Waals surface area (Å²) in [6.07, 6.45) is 2.47. The van der Waals surface area contributed by atoms with Crippen LogP contribution in [0.4, 0.5) is 10.1 Å². The lowest BCUT2D eigenvalue weighted by molar-refractivity contribution is -0.138. The zero-order valence-corrected chi connectivity index (χ0v) is 20.9. The van der Waals surface area contributed by atoms with Crippen LogP contribution >= 0.6 is 11.6 Å². The van der Waals surface area contributed by atoms with Crippen LogP contribution in [0.15, 0.2) is 54.1 Å². The highest BCUT2D eigenvalue weighted by Gasteiger charge is 2.67. The monoisotopic (exact) mass is 522 g/mol. The van der Waals surface area contributed by atoms with Crippen molar-refractivity contribution in [2.75, 3.05) is 11.9 Å². The fraction of sp³-hybridized carbons (Fsp3) is 0.357. The van der Waals surface area contributed by atoms with E-state index in [1.165, 1.54) is 25.2 Å². The predicted octanol–water partition coefficient (Wildman–Crippen LogP) is 4.05. The smallest absolute Gasteiger partial charge is 0.241 e. The van der Waals surface area contributed by atoms with Gasteiger partial charge in [0.25, 0.3) is 0 Å². The van der Waals surface area contributed by atoms with Crippen LogP contribution in [0, 0.1) is 34.9 Å². The van der Waals surface area contributed by atoms with Gasteiger partial charge in [-0.1, -0.05) is 41.4 Å². The van der Waals surface area contributed by atoms with Crippen LogP contribution in [0.25, 0.3) is 0 Å². The molecule has 37 heavy (non-hydrogen) atoms. The Kier molecular flexibility index (Phi) is 5.15. The number of halogens is 2. The number of rotatable bonds is 2. The molecule has 0 spiro atoms. The molecule has 4 aliphatic rings. The SMILES string of the molecule is CN1C(=O)[C@H]2[C@H](CC=C3[C@H]2C[C@H]2C(=O)N(c4ccc(F)c(Cl)c4)C(=O)[C@@]2(C)[C@H]3c2ccccc2O)C1=O. The minimum Gasteiger partial charge on any atom is -0.508 e. The normalized spacial score (nSPS) is 32.9. The van der Waals surface area contributed by atoms with Gasteiger partial charge in [-0.05, 0) is 49.9 Å². The van der Waals surface area contributed by atoms with Crippen molar-refractivity contribution >= 4 is 40.9 Å². The van der Waals surface area contributed by atoms with Crippen LogP contribution in [0.1, 0.15) is 31.2 Å². The van der Waals surface area contributed by atoms with Crippen LogP contribution in [-0.4, -0.2) is 40.7 Å². The number of allylic oxidation sites excluding steroid dienone is 2. The average molecular weight is 523 g/mol. The van der Waals surface area contributed by atoms with E-state index >= 15 is 0 Å². The highest BCUT2D eigenvalue weighted by atomic mass is 35.5. The Labute approximate surface area is 217 Å². The Morgan fingerprint density at radius 2 is 1.76 bits per heavy atom. The quantitative estimate of drug-likeness (QED) is 0.474. The number of benzene rings is 2. The van der Waals surface area contributed by atoms with Gasteiger partial charge in [0.2, 0.25) is 23.6 Å². The first-order chi connectivity index (χ1) is 17.6. The molecule has 1 saturated carbocycles. The van der Waals surface area contributed by atoms with Gasteiger partial charge in [-0.25, -0.2) is 9.29 Å². The molecule has 2 aromatic rings. The van der Waals surface area contributed by atoms with Crippen molar-refractivity contribution in [3.63, 3.8) is 0 Å². The van der Waals surface area contributed by atoms with Gasteiger partial charge in [0.05, 0.1) is 33.9 Å². The van der Waals surface area contributed by atoms with Crippen molar-refractivity contribution in [1.29, 1.82) is 0 Å². The number of anilines is 1. The molecule has 0 aromatic heterocycles. The lowest BCUT2D eigenvalue weighted by Crippen LogP contribution is -2.48. The number of aromatic hydroxyl groups is 1. The summed E-state index contributed by atoms with van der Waals surface area (Å²) in [6, 6.07) is 10.4. The summed E-state index contributed by atoms with van der Waals surface area (Å²) in [5.41, 5.74) is 0.145. The number of phenols is 1. The molecule has 7 nitrogen and oxygen atoms in total. The minimum absolute atomic E-state index is 0.0226. The van der Waals surface area contributed by atoms with Crippen molar-refractivity contribution in [2.45, 2.75) is 25.7 Å². The number of amides is 4. The molecule has 2 heterocycles. The Bertz CT molecular complexity index is 1440. The molecule has 6 rings (SSSR count). The number of imide groups is 2. The standard InChI is InChI=1S/C28H24ClFN2O5/c1-28-18(25(35)32(27(28)37)13-7-10-20(30)19(29)11-13)12-17-14(23(28)15-5-3-4-6-21(15)33)8-9-16-22(17)26(36)31(2)24(16)34/h3-8,10-11,16-18,22-23,33H,9,12H2,1-2H3/t16-,17+,18-,22-,23+,28+/m0/s1. The van der Waals surface area contributed by atoms with Gasteiger partial charge in [0.1, 0.15) is 11.6 Å². The second-order valence-corrected chi connectivity index (χ2v) is 11.0. The van der Waals surface area contributed by atoms with Crippen molar-refractivity contribution in [2.24, 2.45) is 29.1 Å². The second-order valence-electron chi connectivity index (χ2n) is 10.6. The molecule has 0 radical (unpaired) electrons. The van der Waals surface area contributed by atoms with Crippen molar-refractivity contribution in [3.05, 3.63) is 70.5 Å². The van der Waals surface area contributed by atoms with Gasteiger partial charge in [-0.15, -0.1) is 0 Å². The van der Waals surface area contributed by atoms with E-state index in [9.17, 15) is 28.7 Å². The molecular weight excluding hydrogens is 499 g/mol. The van der Waals surface area contributed by atoms with Gasteiger partial charge >= 0.3 is 0 Å². The predicted molar refractivity (Wildman–Crippen MR) is 132 cm³/mol. The Morgan fingerprint density at radius 3 is 2.46 bits per heavy atom. The molecule has 6 atom stereocenters. The zero-order valence-electron chi connectivity index (χ0n) is 20.2. The summed E-state index contributed by atoms with van der Waals surface area (Å²) in [6.45, 7) is 1.72. The maximum absolute atomic E-state index is 14.2. The molecule has 9 heteroatoms. The van der Waals surface area contributed by atoms with Crippen LogP contribution in [-0.2, 0) is 19.2 Å². The molecule has 0 bridgehead atoms. The van der Waals surface area contributed by atoms with Crippen LogP contribution < -0.4 is 4.90 Å².